The third kappa shape index (κ3) is 9.59. The summed E-state index contributed by atoms with van der Waals surface area (Å²) >= 11 is 0. The molecule has 8 heteroatoms. The first kappa shape index (κ1) is 21.6. The molecule has 1 heterocycles. The average Bonchev–Trinajstić information content (AvgIpc) is 3.44. The van der Waals surface area contributed by atoms with Crippen molar-refractivity contribution < 1.29 is 9.53 Å². The SMILES string of the molecule is CN=C(NCCCOCC1CC1)NCCNC(=O)c1cccnc1.I. The van der Waals surface area contributed by atoms with Gasteiger partial charge in [-0.2, -0.15) is 0 Å². The molecule has 0 radical (unpaired) electrons. The largest absolute Gasteiger partial charge is 0.381 e. The maximum absolute atomic E-state index is 11.8. The molecule has 7 nitrogen and oxygen atoms in total. The molecule has 25 heavy (non-hydrogen) atoms. The quantitative estimate of drug-likeness (QED) is 0.212. The van der Waals surface area contributed by atoms with Gasteiger partial charge in [0.15, 0.2) is 5.96 Å². The summed E-state index contributed by atoms with van der Waals surface area (Å²) < 4.78 is 5.59. The lowest BCUT2D eigenvalue weighted by Crippen LogP contribution is -2.42. The maximum atomic E-state index is 11.8. The van der Waals surface area contributed by atoms with Gasteiger partial charge in [-0.05, 0) is 37.3 Å². The van der Waals surface area contributed by atoms with Gasteiger partial charge in [-0.1, -0.05) is 0 Å². The third-order valence-electron chi connectivity index (χ3n) is 3.66. The molecular formula is C17H28IN5O2. The number of hydrogen-bond acceptors (Lipinski definition) is 4. The average molecular weight is 461 g/mol. The highest BCUT2D eigenvalue weighted by Crippen LogP contribution is 2.28. The summed E-state index contributed by atoms with van der Waals surface area (Å²) in [6, 6.07) is 3.48. The Labute approximate surface area is 166 Å². The molecule has 1 fully saturated rings. The maximum Gasteiger partial charge on any atom is 0.252 e. The highest BCUT2D eigenvalue weighted by Gasteiger charge is 2.20. The molecule has 0 unspecified atom stereocenters. The van der Waals surface area contributed by atoms with E-state index in [0.717, 1.165) is 38.1 Å². The minimum absolute atomic E-state index is 0. The fourth-order valence-electron chi connectivity index (χ4n) is 2.09. The zero-order chi connectivity index (χ0) is 17.0. The van der Waals surface area contributed by atoms with E-state index in [1.54, 1.807) is 31.6 Å². The molecule has 1 aromatic rings. The van der Waals surface area contributed by atoms with E-state index in [2.05, 4.69) is 25.9 Å². The summed E-state index contributed by atoms with van der Waals surface area (Å²) in [7, 11) is 1.73. The molecular weight excluding hydrogens is 433 g/mol. The summed E-state index contributed by atoms with van der Waals surface area (Å²) in [5.41, 5.74) is 0.561. The number of carbonyl (C=O) groups excluding carboxylic acids is 1. The molecule has 1 amide bonds. The van der Waals surface area contributed by atoms with Crippen LogP contribution in [0.3, 0.4) is 0 Å². The number of amides is 1. The van der Waals surface area contributed by atoms with E-state index in [0.29, 0.717) is 18.7 Å². The van der Waals surface area contributed by atoms with E-state index in [1.807, 2.05) is 0 Å². The smallest absolute Gasteiger partial charge is 0.252 e. The molecule has 1 aromatic heterocycles. The van der Waals surface area contributed by atoms with Crippen LogP contribution in [0.5, 0.6) is 0 Å². The fourth-order valence-corrected chi connectivity index (χ4v) is 2.09. The number of hydrogen-bond donors (Lipinski definition) is 3. The number of guanidine groups is 1. The summed E-state index contributed by atoms with van der Waals surface area (Å²) in [5.74, 6) is 1.42. The van der Waals surface area contributed by atoms with Gasteiger partial charge in [0.05, 0.1) is 5.56 Å². The molecule has 1 aliphatic carbocycles. The summed E-state index contributed by atoms with van der Waals surface area (Å²) in [6.45, 7) is 3.61. The number of ether oxygens (including phenoxy) is 1. The molecule has 0 bridgehead atoms. The lowest BCUT2D eigenvalue weighted by atomic mass is 10.3. The van der Waals surface area contributed by atoms with Crippen molar-refractivity contribution >= 4 is 35.8 Å². The Morgan fingerprint density at radius 3 is 2.72 bits per heavy atom. The van der Waals surface area contributed by atoms with Crippen LogP contribution in [0.1, 0.15) is 29.6 Å². The fraction of sp³-hybridized carbons (Fsp3) is 0.588. The van der Waals surface area contributed by atoms with Crippen LogP contribution in [0.4, 0.5) is 0 Å². The van der Waals surface area contributed by atoms with Crippen molar-refractivity contribution in [2.24, 2.45) is 10.9 Å². The standard InChI is InChI=1S/C17H27N5O2.HI/c1-18-17(21-8-3-11-24-13-14-5-6-14)22-10-9-20-16(23)15-4-2-7-19-12-15;/h2,4,7,12,14H,3,5-6,8-11,13H2,1H3,(H,20,23)(H2,18,21,22);1H. The number of rotatable bonds is 10. The van der Waals surface area contributed by atoms with E-state index in [-0.39, 0.29) is 29.9 Å². The van der Waals surface area contributed by atoms with Crippen molar-refractivity contribution in [2.75, 3.05) is 39.9 Å². The lowest BCUT2D eigenvalue weighted by Gasteiger charge is -2.12. The lowest BCUT2D eigenvalue weighted by molar-refractivity contribution is 0.0954. The first-order valence-electron chi connectivity index (χ1n) is 8.50. The van der Waals surface area contributed by atoms with Crippen molar-refractivity contribution in [3.8, 4) is 0 Å². The Kier molecular flexibility index (Phi) is 11.1. The minimum Gasteiger partial charge on any atom is -0.381 e. The third-order valence-corrected chi connectivity index (χ3v) is 3.66. The highest BCUT2D eigenvalue weighted by molar-refractivity contribution is 14.0. The van der Waals surface area contributed by atoms with Crippen molar-refractivity contribution in [1.29, 1.82) is 0 Å². The van der Waals surface area contributed by atoms with Crippen molar-refractivity contribution in [3.05, 3.63) is 30.1 Å². The molecule has 0 spiro atoms. The number of halogens is 1. The Bertz CT molecular complexity index is 523. The Balaban J connectivity index is 0.00000312. The summed E-state index contributed by atoms with van der Waals surface area (Å²) in [5, 5.41) is 9.23. The van der Waals surface area contributed by atoms with E-state index >= 15 is 0 Å². The molecule has 0 saturated heterocycles. The molecule has 0 aliphatic heterocycles. The van der Waals surface area contributed by atoms with Gasteiger partial charge in [-0.25, -0.2) is 0 Å². The van der Waals surface area contributed by atoms with Crippen LogP contribution < -0.4 is 16.0 Å². The van der Waals surface area contributed by atoms with Crippen LogP contribution in [0, 0.1) is 5.92 Å². The van der Waals surface area contributed by atoms with Gasteiger partial charge >= 0.3 is 0 Å². The van der Waals surface area contributed by atoms with Crippen LogP contribution in [-0.4, -0.2) is 56.7 Å². The molecule has 1 saturated carbocycles. The number of nitrogens with one attached hydrogen (secondary N) is 3. The van der Waals surface area contributed by atoms with Gasteiger partial charge in [-0.3, -0.25) is 14.8 Å². The van der Waals surface area contributed by atoms with Crippen LogP contribution in [-0.2, 0) is 4.74 Å². The van der Waals surface area contributed by atoms with Gasteiger partial charge < -0.3 is 20.7 Å². The summed E-state index contributed by atoms with van der Waals surface area (Å²) in [4.78, 5) is 19.9. The Morgan fingerprint density at radius 2 is 2.04 bits per heavy atom. The van der Waals surface area contributed by atoms with Crippen LogP contribution in [0.15, 0.2) is 29.5 Å². The zero-order valence-corrected chi connectivity index (χ0v) is 17.0. The van der Waals surface area contributed by atoms with Crippen LogP contribution in [0.25, 0.3) is 0 Å². The van der Waals surface area contributed by atoms with E-state index < -0.39 is 0 Å². The molecule has 3 N–H and O–H groups in total. The number of nitrogens with zero attached hydrogens (tertiary/aromatic N) is 2. The second-order valence-electron chi connectivity index (χ2n) is 5.80. The molecule has 2 rings (SSSR count). The molecule has 1 aliphatic rings. The Morgan fingerprint density at radius 1 is 1.28 bits per heavy atom. The second kappa shape index (κ2) is 12.9. The van der Waals surface area contributed by atoms with E-state index in [9.17, 15) is 4.79 Å². The van der Waals surface area contributed by atoms with Gasteiger partial charge in [-0.15, -0.1) is 24.0 Å². The monoisotopic (exact) mass is 461 g/mol. The van der Waals surface area contributed by atoms with Gasteiger partial charge in [0.25, 0.3) is 5.91 Å². The van der Waals surface area contributed by atoms with Gasteiger partial charge in [0, 0.05) is 52.3 Å². The van der Waals surface area contributed by atoms with Crippen molar-refractivity contribution in [3.63, 3.8) is 0 Å². The molecule has 140 valence electrons. The number of pyridine rings is 1. The van der Waals surface area contributed by atoms with E-state index in [1.165, 1.54) is 12.8 Å². The number of aliphatic imine (C=N–C) groups is 1. The summed E-state index contributed by atoms with van der Waals surface area (Å²) in [6.07, 6.45) is 6.79. The minimum atomic E-state index is -0.124. The number of aromatic nitrogens is 1. The van der Waals surface area contributed by atoms with Crippen molar-refractivity contribution in [1.82, 2.24) is 20.9 Å². The van der Waals surface area contributed by atoms with E-state index in [4.69, 9.17) is 4.74 Å². The topological polar surface area (TPSA) is 87.6 Å². The first-order chi connectivity index (χ1) is 11.8. The highest BCUT2D eigenvalue weighted by atomic mass is 127. The van der Waals surface area contributed by atoms with Gasteiger partial charge in [0.2, 0.25) is 0 Å². The molecule has 0 atom stereocenters. The zero-order valence-electron chi connectivity index (χ0n) is 14.7. The van der Waals surface area contributed by atoms with Crippen molar-refractivity contribution in [2.45, 2.75) is 19.3 Å². The predicted molar refractivity (Wildman–Crippen MR) is 110 cm³/mol. The number of carbonyl (C=O) groups is 1. The Hall–Kier alpha value is -1.42. The first-order valence-corrected chi connectivity index (χ1v) is 8.50. The van der Waals surface area contributed by atoms with Crippen LogP contribution >= 0.6 is 24.0 Å². The van der Waals surface area contributed by atoms with Crippen LogP contribution in [0.2, 0.25) is 0 Å². The molecule has 0 aromatic carbocycles. The second-order valence-corrected chi connectivity index (χ2v) is 5.80. The predicted octanol–water partition coefficient (Wildman–Crippen LogP) is 1.41. The van der Waals surface area contributed by atoms with Gasteiger partial charge in [0.1, 0.15) is 0 Å². The normalized spacial score (nSPS) is 13.7.